The van der Waals surface area contributed by atoms with Crippen molar-refractivity contribution in [2.45, 2.75) is 53.4 Å². The van der Waals surface area contributed by atoms with Gasteiger partial charge in [0.05, 0.1) is 18.8 Å². The highest BCUT2D eigenvalue weighted by molar-refractivity contribution is 6.05. The number of aryl methyl sites for hydroxylation is 3. The van der Waals surface area contributed by atoms with E-state index in [1.165, 1.54) is 71.7 Å². The zero-order chi connectivity index (χ0) is 45.1. The molecule has 0 aliphatic heterocycles. The van der Waals surface area contributed by atoms with Gasteiger partial charge in [-0.15, -0.1) is 0 Å². The molecule has 0 saturated carbocycles. The van der Waals surface area contributed by atoms with E-state index in [1.807, 2.05) is 19.1 Å². The fraction of sp³-hybridized carbons (Fsp3) is 0.190. The van der Waals surface area contributed by atoms with Crippen molar-refractivity contribution in [2.24, 2.45) is 10.9 Å². The Balaban J connectivity index is 0.000000203. The lowest BCUT2D eigenvalue weighted by atomic mass is 10.1. The number of hydrogen-bond donors (Lipinski definition) is 5. The number of imidazole rings is 2. The third-order valence-electron chi connectivity index (χ3n) is 8.89. The van der Waals surface area contributed by atoms with Gasteiger partial charge in [0.15, 0.2) is 5.84 Å². The molecule has 7 aromatic rings. The molecule has 0 radical (unpaired) electrons. The number of rotatable bonds is 12. The normalized spacial score (nSPS) is 11.0. The number of carbonyl (C=O) groups excluding carboxylic acids is 4. The maximum atomic E-state index is 13.6. The van der Waals surface area contributed by atoms with Crippen molar-refractivity contribution in [1.82, 2.24) is 28.9 Å². The van der Waals surface area contributed by atoms with Gasteiger partial charge < -0.3 is 40.8 Å². The Kier molecular flexibility index (Phi) is 14.6. The third-order valence-corrected chi connectivity index (χ3v) is 8.89. The molecule has 320 valence electrons. The fourth-order valence-corrected chi connectivity index (χ4v) is 5.53. The average Bonchev–Trinajstić information content (AvgIpc) is 4.00. The number of nitrogens with two attached hydrogens (primary N) is 1. The molecule has 5 heterocycles. The van der Waals surface area contributed by atoms with Crippen molar-refractivity contribution in [3.63, 3.8) is 0 Å². The first-order valence-electron chi connectivity index (χ1n) is 18.6. The van der Waals surface area contributed by atoms with Crippen molar-refractivity contribution in [1.29, 1.82) is 0 Å². The zero-order valence-electron chi connectivity index (χ0n) is 33.7. The van der Waals surface area contributed by atoms with E-state index in [0.717, 1.165) is 11.1 Å². The highest BCUT2D eigenvalue weighted by Gasteiger charge is 2.17. The molecule has 2 aromatic carbocycles. The number of carboxylic acid groups (broad SMARTS) is 1. The number of Topliss-reactive ketones (excluding diaryl/α,β-unsaturated/α-hetero) is 2. The van der Waals surface area contributed by atoms with Crippen LogP contribution < -0.4 is 16.4 Å². The van der Waals surface area contributed by atoms with Crippen molar-refractivity contribution >= 4 is 57.9 Å². The van der Waals surface area contributed by atoms with Gasteiger partial charge in [-0.25, -0.2) is 18.7 Å². The topological polar surface area (TPSA) is 262 Å². The van der Waals surface area contributed by atoms with Crippen LogP contribution in [-0.4, -0.2) is 74.4 Å². The molecule has 0 unspecified atom stereocenters. The molecule has 0 saturated heterocycles. The number of anilines is 2. The number of amidine groups is 1. The van der Waals surface area contributed by atoms with Gasteiger partial charge in [-0.1, -0.05) is 34.6 Å². The summed E-state index contributed by atoms with van der Waals surface area (Å²) >= 11 is 0. The summed E-state index contributed by atoms with van der Waals surface area (Å²) in [5.41, 5.74) is 10.7. The first-order chi connectivity index (χ1) is 29.5. The molecule has 0 aliphatic carbocycles. The average molecular weight is 851 g/mol. The molecule has 18 nitrogen and oxygen atoms in total. The fourth-order valence-electron chi connectivity index (χ4n) is 5.53. The van der Waals surface area contributed by atoms with E-state index in [9.17, 15) is 32.8 Å². The minimum absolute atomic E-state index is 0.0439. The van der Waals surface area contributed by atoms with Crippen molar-refractivity contribution in [3.8, 4) is 11.4 Å². The lowest BCUT2D eigenvalue weighted by Gasteiger charge is -2.10. The van der Waals surface area contributed by atoms with E-state index in [1.54, 1.807) is 31.2 Å². The molecule has 2 amide bonds. The molecule has 20 heteroatoms. The Labute approximate surface area is 351 Å². The van der Waals surface area contributed by atoms with Crippen LogP contribution in [0.5, 0.6) is 0 Å². The summed E-state index contributed by atoms with van der Waals surface area (Å²) < 4.78 is 34.9. The minimum Gasteiger partial charge on any atom is -0.481 e. The number of pyridine rings is 2. The number of carboxylic acids is 1. The molecule has 0 bridgehead atoms. The Bertz CT molecular complexity index is 2820. The van der Waals surface area contributed by atoms with Crippen LogP contribution in [0.3, 0.4) is 0 Å². The van der Waals surface area contributed by atoms with Crippen LogP contribution in [0.25, 0.3) is 22.7 Å². The number of hydrogen-bond acceptors (Lipinski definition) is 12. The summed E-state index contributed by atoms with van der Waals surface area (Å²) in [4.78, 5) is 68.7. The number of oxime groups is 1. The van der Waals surface area contributed by atoms with E-state index in [4.69, 9.17) is 20.6 Å². The second-order valence-corrected chi connectivity index (χ2v) is 13.7. The van der Waals surface area contributed by atoms with Gasteiger partial charge in [-0.2, -0.15) is 4.98 Å². The number of halogens is 2. The number of carbonyl (C=O) groups is 5. The summed E-state index contributed by atoms with van der Waals surface area (Å²) in [5, 5.41) is 29.2. The molecular formula is C42H40F2N10O8. The van der Waals surface area contributed by atoms with E-state index < -0.39 is 29.4 Å². The summed E-state index contributed by atoms with van der Waals surface area (Å²) in [6.07, 6.45) is 5.97. The quantitative estimate of drug-likeness (QED) is 0.0399. The molecule has 0 spiro atoms. The van der Waals surface area contributed by atoms with Gasteiger partial charge in [0.25, 0.3) is 11.8 Å². The number of benzene rings is 2. The van der Waals surface area contributed by atoms with Gasteiger partial charge in [-0.05, 0) is 75.2 Å². The molecule has 62 heavy (non-hydrogen) atoms. The third kappa shape index (κ3) is 11.7. The number of aromatic nitrogens is 6. The number of aliphatic carboxylic acids is 1. The number of nitrogens with one attached hydrogen (secondary N) is 2. The Morgan fingerprint density at radius 3 is 1.79 bits per heavy atom. The Morgan fingerprint density at radius 2 is 1.29 bits per heavy atom. The highest BCUT2D eigenvalue weighted by atomic mass is 19.1. The molecule has 0 fully saturated rings. The maximum Gasteiger partial charge on any atom is 0.303 e. The number of fused-ring (bicyclic) bond motifs is 2. The van der Waals surface area contributed by atoms with Gasteiger partial charge >= 0.3 is 5.97 Å². The smallest absolute Gasteiger partial charge is 0.303 e. The molecule has 5 aromatic heterocycles. The lowest BCUT2D eigenvalue weighted by molar-refractivity contribution is -0.138. The molecule has 7 rings (SSSR count). The van der Waals surface area contributed by atoms with Crippen LogP contribution in [0.4, 0.5) is 20.2 Å². The van der Waals surface area contributed by atoms with Gasteiger partial charge in [0.2, 0.25) is 11.7 Å². The SMILES string of the molecule is CC(=O)CCC(=O)O.CC(=O)CCc1nc(-c2ccc(C)c(NC(=O)c3cnc4ccc(F)cn34)c2)no1.Cc1ccc(/C(N)=N/O)cc1NC(=O)c1cnc2ccc(F)cn12. The summed E-state index contributed by atoms with van der Waals surface area (Å²) in [5.74, 6) is -2.10. The first kappa shape index (κ1) is 44.9. The predicted octanol–water partition coefficient (Wildman–Crippen LogP) is 6.17. The molecular weight excluding hydrogens is 811 g/mol. The van der Waals surface area contributed by atoms with Crippen LogP contribution >= 0.6 is 0 Å². The van der Waals surface area contributed by atoms with E-state index >= 15 is 0 Å². The van der Waals surface area contributed by atoms with Crippen LogP contribution in [0, 0.1) is 25.5 Å². The molecule has 0 atom stereocenters. The first-order valence-corrected chi connectivity index (χ1v) is 18.6. The van der Waals surface area contributed by atoms with Crippen molar-refractivity contribution in [3.05, 3.63) is 131 Å². The number of amides is 2. The second kappa shape index (κ2) is 20.2. The molecule has 0 aliphatic rings. The predicted molar refractivity (Wildman–Crippen MR) is 221 cm³/mol. The van der Waals surface area contributed by atoms with Crippen LogP contribution in [-0.2, 0) is 20.8 Å². The lowest BCUT2D eigenvalue weighted by Crippen LogP contribution is -2.17. The highest BCUT2D eigenvalue weighted by Crippen LogP contribution is 2.25. The van der Waals surface area contributed by atoms with Crippen LogP contribution in [0.1, 0.15) is 76.7 Å². The largest absolute Gasteiger partial charge is 0.481 e. The van der Waals surface area contributed by atoms with Crippen LogP contribution in [0.2, 0.25) is 0 Å². The van der Waals surface area contributed by atoms with E-state index in [2.05, 4.69) is 35.9 Å². The maximum absolute atomic E-state index is 13.6. The zero-order valence-corrected chi connectivity index (χ0v) is 33.7. The van der Waals surface area contributed by atoms with Crippen molar-refractivity contribution in [2.75, 3.05) is 10.6 Å². The number of nitrogens with zero attached hydrogens (tertiary/aromatic N) is 7. The second-order valence-electron chi connectivity index (χ2n) is 13.7. The summed E-state index contributed by atoms with van der Waals surface area (Å²) in [6.45, 7) is 6.54. The monoisotopic (exact) mass is 850 g/mol. The van der Waals surface area contributed by atoms with Crippen LogP contribution in [0.15, 0.2) is 95.1 Å². The van der Waals surface area contributed by atoms with E-state index in [0.29, 0.717) is 58.4 Å². The van der Waals surface area contributed by atoms with E-state index in [-0.39, 0.29) is 41.6 Å². The summed E-state index contributed by atoms with van der Waals surface area (Å²) in [6, 6.07) is 15.9. The Hall–Kier alpha value is -8.16. The number of ketones is 2. The van der Waals surface area contributed by atoms with Crippen molar-refractivity contribution < 1.29 is 47.6 Å². The Morgan fingerprint density at radius 1 is 0.758 bits per heavy atom. The standard InChI is InChI=1S/C21H18FN5O3.C16H14FN5O2.C5H8O3/c1-12-3-5-14(20-25-19(30-26-20)8-4-13(2)28)9-16(12)24-21(29)17-10-23-18-7-6-15(22)11-27(17)18;1-9-2-3-10(15(18)21-24)6-12(9)20-16(23)13-7-19-14-5-4-11(17)8-22(13)14;1-4(6)2-3-5(7)8/h3,5-7,9-11H,4,8H2,1-2H3,(H,24,29);2-8,24H,1H3,(H2,18,21)(H,20,23);2-3H2,1H3,(H,7,8). The molecule has 6 N–H and O–H groups in total. The van der Waals surface area contributed by atoms with Gasteiger partial charge in [0.1, 0.15) is 45.9 Å². The summed E-state index contributed by atoms with van der Waals surface area (Å²) in [7, 11) is 0. The van der Waals surface area contributed by atoms with Gasteiger partial charge in [0, 0.05) is 54.2 Å². The minimum atomic E-state index is -0.916. The van der Waals surface area contributed by atoms with Gasteiger partial charge in [-0.3, -0.25) is 23.2 Å².